The molecule has 0 bridgehead atoms. The maximum atomic E-state index is 11.6. The van der Waals surface area contributed by atoms with E-state index in [9.17, 15) is 4.79 Å². The van der Waals surface area contributed by atoms with E-state index in [-0.39, 0.29) is 10.00 Å². The largest absolute Gasteiger partial charge is 0.299 e. The van der Waals surface area contributed by atoms with Crippen LogP contribution in [0, 0.1) is 11.8 Å². The van der Waals surface area contributed by atoms with Gasteiger partial charge in [-0.15, -0.1) is 23.5 Å². The fourth-order valence-corrected chi connectivity index (χ4v) is 6.34. The van der Waals surface area contributed by atoms with Gasteiger partial charge in [0.15, 0.2) is 0 Å². The molecule has 0 amide bonds. The van der Waals surface area contributed by atoms with Crippen LogP contribution in [0.25, 0.3) is 0 Å². The van der Waals surface area contributed by atoms with Crippen molar-refractivity contribution in [2.24, 2.45) is 11.8 Å². The molecule has 1 saturated heterocycles. The average molecular weight is 226 g/mol. The smallest absolute Gasteiger partial charge is 0.140 e. The van der Waals surface area contributed by atoms with Crippen molar-refractivity contribution in [3.63, 3.8) is 0 Å². The molecule has 2 fully saturated rings. The fraction of sp³-hybridized carbons (Fsp3) is 0.727. The predicted molar refractivity (Wildman–Crippen MR) is 62.6 cm³/mol. The summed E-state index contributed by atoms with van der Waals surface area (Å²) in [6.45, 7) is 0. The quantitative estimate of drug-likeness (QED) is 0.591. The molecule has 2 atom stereocenters. The van der Waals surface area contributed by atoms with E-state index in [1.165, 1.54) is 17.9 Å². The van der Waals surface area contributed by atoms with Crippen molar-refractivity contribution in [1.29, 1.82) is 0 Å². The molecule has 14 heavy (non-hydrogen) atoms. The molecule has 76 valence electrons. The highest BCUT2D eigenvalue weighted by Crippen LogP contribution is 2.58. The Morgan fingerprint density at radius 1 is 1.36 bits per heavy atom. The first-order valence-corrected chi connectivity index (χ1v) is 7.29. The fourth-order valence-electron chi connectivity index (χ4n) is 2.80. The molecule has 1 saturated carbocycles. The molecule has 0 N–H and O–H groups in total. The molecule has 3 heteroatoms. The molecular formula is C11H14OS2. The van der Waals surface area contributed by atoms with Gasteiger partial charge in [0.25, 0.3) is 0 Å². The van der Waals surface area contributed by atoms with E-state index >= 15 is 0 Å². The van der Waals surface area contributed by atoms with Crippen LogP contribution in [0.2, 0.25) is 0 Å². The van der Waals surface area contributed by atoms with Crippen LogP contribution in [-0.4, -0.2) is 21.4 Å². The summed E-state index contributed by atoms with van der Waals surface area (Å²) in [5.74, 6) is 3.91. The minimum absolute atomic E-state index is 0.271. The first kappa shape index (κ1) is 9.34. The van der Waals surface area contributed by atoms with Crippen molar-refractivity contribution in [1.82, 2.24) is 0 Å². The van der Waals surface area contributed by atoms with Gasteiger partial charge in [0, 0.05) is 12.3 Å². The molecule has 1 aliphatic heterocycles. The lowest BCUT2D eigenvalue weighted by Gasteiger charge is -2.36. The van der Waals surface area contributed by atoms with Gasteiger partial charge in [0.1, 0.15) is 5.78 Å². The van der Waals surface area contributed by atoms with Crippen molar-refractivity contribution in [2.75, 3.05) is 11.5 Å². The lowest BCUT2D eigenvalue weighted by molar-refractivity contribution is -0.119. The van der Waals surface area contributed by atoms with Gasteiger partial charge < -0.3 is 0 Å². The van der Waals surface area contributed by atoms with E-state index < -0.39 is 0 Å². The van der Waals surface area contributed by atoms with E-state index in [0.29, 0.717) is 11.7 Å². The van der Waals surface area contributed by atoms with E-state index in [4.69, 9.17) is 0 Å². The first-order chi connectivity index (χ1) is 6.82. The molecule has 0 aromatic rings. The second kappa shape index (κ2) is 3.31. The van der Waals surface area contributed by atoms with Crippen LogP contribution >= 0.6 is 23.5 Å². The van der Waals surface area contributed by atoms with Crippen LogP contribution in [0.15, 0.2) is 12.2 Å². The molecule has 2 aliphatic carbocycles. The van der Waals surface area contributed by atoms with Crippen molar-refractivity contribution in [3.8, 4) is 0 Å². The van der Waals surface area contributed by atoms with Crippen molar-refractivity contribution >= 4 is 29.3 Å². The number of fused-ring (bicyclic) bond motifs is 2. The standard InChI is InChI=1S/C11H14OS2/c12-10-3-2-9-8(10)4-5-11(9)13-6-1-7-14-11/h4-5,8-9H,1-3,6-7H2/t8-,9-/m1/s1. The Bertz CT molecular complexity index is 292. The number of hydrogen-bond donors (Lipinski definition) is 0. The third-order valence-corrected chi connectivity index (χ3v) is 6.98. The molecule has 3 aliphatic rings. The van der Waals surface area contributed by atoms with E-state index in [1.54, 1.807) is 0 Å². The van der Waals surface area contributed by atoms with Crippen LogP contribution in [0.1, 0.15) is 19.3 Å². The number of Topliss-reactive ketones (excluding diaryl/α,β-unsaturated/α-hetero) is 1. The Morgan fingerprint density at radius 2 is 2.14 bits per heavy atom. The first-order valence-electron chi connectivity index (χ1n) is 5.32. The van der Waals surface area contributed by atoms with Gasteiger partial charge in [-0.3, -0.25) is 4.79 Å². The highest BCUT2D eigenvalue weighted by Gasteiger charge is 2.51. The summed E-state index contributed by atoms with van der Waals surface area (Å²) in [5.41, 5.74) is 0. The summed E-state index contributed by atoms with van der Waals surface area (Å²) in [4.78, 5) is 11.6. The summed E-state index contributed by atoms with van der Waals surface area (Å²) in [6, 6.07) is 0. The van der Waals surface area contributed by atoms with Gasteiger partial charge in [-0.2, -0.15) is 0 Å². The van der Waals surface area contributed by atoms with Gasteiger partial charge in [-0.1, -0.05) is 12.2 Å². The Hall–Kier alpha value is 0.110. The maximum Gasteiger partial charge on any atom is 0.140 e. The lowest BCUT2D eigenvalue weighted by atomic mass is 9.99. The van der Waals surface area contributed by atoms with Crippen molar-refractivity contribution in [3.05, 3.63) is 12.2 Å². The van der Waals surface area contributed by atoms with E-state index in [2.05, 4.69) is 35.7 Å². The summed E-state index contributed by atoms with van der Waals surface area (Å²) in [7, 11) is 0. The highest BCUT2D eigenvalue weighted by atomic mass is 32.2. The second-order valence-corrected chi connectivity index (χ2v) is 7.27. The van der Waals surface area contributed by atoms with Crippen LogP contribution in [-0.2, 0) is 4.79 Å². The third-order valence-electron chi connectivity index (χ3n) is 3.50. The number of ketones is 1. The number of carbonyl (C=O) groups is 1. The third kappa shape index (κ3) is 1.21. The lowest BCUT2D eigenvalue weighted by Crippen LogP contribution is -2.30. The van der Waals surface area contributed by atoms with Crippen molar-refractivity contribution in [2.45, 2.75) is 23.3 Å². The van der Waals surface area contributed by atoms with Crippen LogP contribution < -0.4 is 0 Å². The summed E-state index contributed by atoms with van der Waals surface area (Å²) < 4.78 is 0.287. The minimum atomic E-state index is 0.271. The zero-order chi connectivity index (χ0) is 9.60. The summed E-state index contributed by atoms with van der Waals surface area (Å²) >= 11 is 4.15. The molecule has 3 rings (SSSR count). The topological polar surface area (TPSA) is 17.1 Å². The molecule has 0 aromatic carbocycles. The van der Waals surface area contributed by atoms with Gasteiger partial charge >= 0.3 is 0 Å². The Balaban J connectivity index is 1.89. The zero-order valence-corrected chi connectivity index (χ0v) is 9.70. The number of rotatable bonds is 0. The number of thioether (sulfide) groups is 2. The Labute approximate surface area is 93.1 Å². The zero-order valence-electron chi connectivity index (χ0n) is 8.07. The minimum Gasteiger partial charge on any atom is -0.299 e. The second-order valence-electron chi connectivity index (χ2n) is 4.27. The normalized spacial score (nSPS) is 39.3. The van der Waals surface area contributed by atoms with E-state index in [1.807, 2.05) is 0 Å². The molecule has 0 radical (unpaired) electrons. The van der Waals surface area contributed by atoms with Crippen LogP contribution in [0.3, 0.4) is 0 Å². The number of allylic oxidation sites excluding steroid dienone is 1. The summed E-state index contributed by atoms with van der Waals surface area (Å²) in [6.07, 6.45) is 7.79. The SMILES string of the molecule is O=C1CC[C@@H]2[C@H]1C=CC21SCCCS1. The monoisotopic (exact) mass is 226 g/mol. The summed E-state index contributed by atoms with van der Waals surface area (Å²) in [5, 5.41) is 0. The van der Waals surface area contributed by atoms with Crippen LogP contribution in [0.5, 0.6) is 0 Å². The molecule has 1 nitrogen and oxygen atoms in total. The van der Waals surface area contributed by atoms with Gasteiger partial charge in [-0.05, 0) is 30.3 Å². The molecule has 1 heterocycles. The highest BCUT2D eigenvalue weighted by molar-refractivity contribution is 8.19. The van der Waals surface area contributed by atoms with Gasteiger partial charge in [0.2, 0.25) is 0 Å². The number of carbonyl (C=O) groups excluding carboxylic acids is 1. The molecular weight excluding hydrogens is 212 g/mol. The Morgan fingerprint density at radius 3 is 2.93 bits per heavy atom. The van der Waals surface area contributed by atoms with Crippen LogP contribution in [0.4, 0.5) is 0 Å². The van der Waals surface area contributed by atoms with Gasteiger partial charge in [-0.25, -0.2) is 0 Å². The molecule has 0 unspecified atom stereocenters. The molecule has 0 aromatic heterocycles. The number of hydrogen-bond acceptors (Lipinski definition) is 3. The van der Waals surface area contributed by atoms with Gasteiger partial charge in [0.05, 0.1) is 4.08 Å². The van der Waals surface area contributed by atoms with E-state index in [0.717, 1.165) is 12.8 Å². The van der Waals surface area contributed by atoms with Crippen molar-refractivity contribution < 1.29 is 4.79 Å². The Kier molecular flexibility index (Phi) is 2.21. The molecule has 1 spiro atoms. The maximum absolute atomic E-state index is 11.6. The predicted octanol–water partition coefficient (Wildman–Crippen LogP) is 2.72. The average Bonchev–Trinajstić information content (AvgIpc) is 2.73.